The molecule has 1 nitrogen and oxygen atoms in total. The van der Waals surface area contributed by atoms with E-state index in [2.05, 4.69) is 40.2 Å². The van der Waals surface area contributed by atoms with Crippen LogP contribution in [0.1, 0.15) is 27.1 Å². The van der Waals surface area contributed by atoms with Crippen molar-refractivity contribution in [3.05, 3.63) is 70.5 Å². The van der Waals surface area contributed by atoms with E-state index < -0.39 is 0 Å². The number of aryl methyl sites for hydroxylation is 1. The first-order chi connectivity index (χ1) is 9.60. The maximum Gasteiger partial charge on any atom is 0.123 e. The van der Waals surface area contributed by atoms with Crippen LogP contribution in [0.2, 0.25) is 0 Å². The van der Waals surface area contributed by atoms with Gasteiger partial charge < -0.3 is 4.74 Å². The third-order valence-electron chi connectivity index (χ3n) is 3.22. The van der Waals surface area contributed by atoms with E-state index in [0.717, 1.165) is 29.7 Å². The lowest BCUT2D eigenvalue weighted by atomic mass is 10.0. The van der Waals surface area contributed by atoms with E-state index in [1.54, 1.807) is 13.2 Å². The van der Waals surface area contributed by atoms with Gasteiger partial charge in [0.2, 0.25) is 0 Å². The number of alkyl halides is 1. The number of benzene rings is 2. The average molecular weight is 337 g/mol. The molecule has 0 spiro atoms. The Labute approximate surface area is 127 Å². The lowest BCUT2D eigenvalue weighted by Gasteiger charge is -2.12. The van der Waals surface area contributed by atoms with Gasteiger partial charge in [-0.1, -0.05) is 46.3 Å². The summed E-state index contributed by atoms with van der Waals surface area (Å²) < 4.78 is 18.5. The predicted octanol–water partition coefficient (Wildman–Crippen LogP) is 4.81. The van der Waals surface area contributed by atoms with Gasteiger partial charge in [0.25, 0.3) is 0 Å². The van der Waals surface area contributed by atoms with Crippen molar-refractivity contribution in [1.29, 1.82) is 0 Å². The predicted molar refractivity (Wildman–Crippen MR) is 83.9 cm³/mol. The van der Waals surface area contributed by atoms with E-state index >= 15 is 0 Å². The molecule has 0 aliphatic heterocycles. The quantitative estimate of drug-likeness (QED) is 0.712. The highest BCUT2D eigenvalue weighted by molar-refractivity contribution is 9.09. The van der Waals surface area contributed by atoms with Crippen molar-refractivity contribution in [2.24, 2.45) is 0 Å². The molecule has 0 radical (unpaired) electrons. The summed E-state index contributed by atoms with van der Waals surface area (Å²) in [4.78, 5) is 0.00775. The molecule has 3 heteroatoms. The Morgan fingerprint density at radius 3 is 2.40 bits per heavy atom. The fraction of sp³-hybridized carbons (Fsp3) is 0.294. The van der Waals surface area contributed by atoms with Gasteiger partial charge in [0, 0.05) is 7.11 Å². The highest BCUT2D eigenvalue weighted by Crippen LogP contribution is 2.31. The zero-order valence-corrected chi connectivity index (χ0v) is 13.3. The third kappa shape index (κ3) is 3.90. The molecule has 0 saturated carbocycles. The first kappa shape index (κ1) is 15.2. The molecule has 2 aromatic carbocycles. The number of methoxy groups -OCH3 is 1. The van der Waals surface area contributed by atoms with Crippen LogP contribution in [0.25, 0.3) is 0 Å². The van der Waals surface area contributed by atoms with Crippen molar-refractivity contribution >= 4 is 15.9 Å². The maximum atomic E-state index is 13.5. The molecular weight excluding hydrogens is 319 g/mol. The molecule has 0 aliphatic rings. The smallest absolute Gasteiger partial charge is 0.123 e. The normalized spacial score (nSPS) is 12.4. The minimum Gasteiger partial charge on any atom is -0.384 e. The van der Waals surface area contributed by atoms with Crippen molar-refractivity contribution in [3.8, 4) is 0 Å². The van der Waals surface area contributed by atoms with Crippen LogP contribution in [0, 0.1) is 12.7 Å². The van der Waals surface area contributed by atoms with Crippen LogP contribution in [0.15, 0.2) is 42.5 Å². The number of ether oxygens (including phenoxy) is 1. The Bertz CT molecular complexity index is 545. The maximum absolute atomic E-state index is 13.5. The molecule has 2 rings (SSSR count). The minimum atomic E-state index is -0.193. The highest BCUT2D eigenvalue weighted by Gasteiger charge is 2.11. The molecule has 1 unspecified atom stereocenters. The fourth-order valence-corrected chi connectivity index (χ4v) is 2.75. The summed E-state index contributed by atoms with van der Waals surface area (Å²) in [5.41, 5.74) is 4.23. The third-order valence-corrected chi connectivity index (χ3v) is 4.28. The van der Waals surface area contributed by atoms with Crippen LogP contribution in [0.4, 0.5) is 4.39 Å². The van der Waals surface area contributed by atoms with Gasteiger partial charge in [0.15, 0.2) is 0 Å². The molecule has 0 saturated heterocycles. The lowest BCUT2D eigenvalue weighted by Crippen LogP contribution is -1.97. The molecule has 0 amide bonds. The number of rotatable bonds is 5. The van der Waals surface area contributed by atoms with Gasteiger partial charge in [0.1, 0.15) is 5.82 Å². The summed E-state index contributed by atoms with van der Waals surface area (Å²) >= 11 is 3.65. The first-order valence-electron chi connectivity index (χ1n) is 6.59. The van der Waals surface area contributed by atoms with Gasteiger partial charge in [-0.2, -0.15) is 0 Å². The molecule has 1 atom stereocenters. The molecule has 2 aromatic rings. The summed E-state index contributed by atoms with van der Waals surface area (Å²) in [6.45, 7) is 2.63. The van der Waals surface area contributed by atoms with Crippen LogP contribution in [0.5, 0.6) is 0 Å². The topological polar surface area (TPSA) is 9.23 Å². The van der Waals surface area contributed by atoms with Crippen LogP contribution < -0.4 is 0 Å². The van der Waals surface area contributed by atoms with Gasteiger partial charge in [-0.25, -0.2) is 4.39 Å². The second-order valence-electron chi connectivity index (χ2n) is 4.91. The molecule has 106 valence electrons. The molecule has 0 N–H and O–H groups in total. The van der Waals surface area contributed by atoms with Gasteiger partial charge in [-0.3, -0.25) is 0 Å². The monoisotopic (exact) mass is 336 g/mol. The molecule has 20 heavy (non-hydrogen) atoms. The van der Waals surface area contributed by atoms with Crippen molar-refractivity contribution in [2.75, 3.05) is 13.7 Å². The number of hydrogen-bond acceptors (Lipinski definition) is 1. The fourth-order valence-electron chi connectivity index (χ4n) is 2.18. The van der Waals surface area contributed by atoms with Gasteiger partial charge in [-0.05, 0) is 47.7 Å². The number of halogens is 2. The molecule has 0 bridgehead atoms. The molecule has 0 aliphatic carbocycles. The average Bonchev–Trinajstić information content (AvgIpc) is 2.44. The summed E-state index contributed by atoms with van der Waals surface area (Å²) in [5, 5.41) is 0. The second kappa shape index (κ2) is 7.00. The molecule has 0 fully saturated rings. The largest absolute Gasteiger partial charge is 0.384 e. The SMILES string of the molecule is COCCc1ccc(C(Br)c2cc(C)cc(F)c2)cc1. The summed E-state index contributed by atoms with van der Waals surface area (Å²) in [7, 11) is 1.70. The van der Waals surface area contributed by atoms with Gasteiger partial charge >= 0.3 is 0 Å². The Hall–Kier alpha value is -1.19. The Kier molecular flexibility index (Phi) is 5.32. The van der Waals surface area contributed by atoms with Crippen LogP contribution in [0.3, 0.4) is 0 Å². The van der Waals surface area contributed by atoms with E-state index in [-0.39, 0.29) is 10.6 Å². The van der Waals surface area contributed by atoms with E-state index in [0.29, 0.717) is 0 Å². The van der Waals surface area contributed by atoms with E-state index in [1.165, 1.54) is 11.6 Å². The summed E-state index contributed by atoms with van der Waals surface area (Å²) in [6.07, 6.45) is 0.906. The lowest BCUT2D eigenvalue weighted by molar-refractivity contribution is 0.202. The molecular formula is C17H18BrFO. The van der Waals surface area contributed by atoms with Crippen LogP contribution in [-0.4, -0.2) is 13.7 Å². The first-order valence-corrected chi connectivity index (χ1v) is 7.50. The van der Waals surface area contributed by atoms with E-state index in [9.17, 15) is 4.39 Å². The zero-order chi connectivity index (χ0) is 14.5. The second-order valence-corrected chi connectivity index (χ2v) is 5.82. The highest BCUT2D eigenvalue weighted by atomic mass is 79.9. The van der Waals surface area contributed by atoms with Crippen molar-refractivity contribution in [1.82, 2.24) is 0 Å². The Balaban J connectivity index is 2.17. The van der Waals surface area contributed by atoms with Gasteiger partial charge in [0.05, 0.1) is 11.4 Å². The van der Waals surface area contributed by atoms with Crippen molar-refractivity contribution in [2.45, 2.75) is 18.2 Å². The molecule has 0 heterocycles. The zero-order valence-electron chi connectivity index (χ0n) is 11.7. The van der Waals surface area contributed by atoms with E-state index in [1.807, 2.05) is 13.0 Å². The molecule has 0 aromatic heterocycles. The van der Waals surface area contributed by atoms with E-state index in [4.69, 9.17) is 4.74 Å². The van der Waals surface area contributed by atoms with Gasteiger partial charge in [-0.15, -0.1) is 0 Å². The van der Waals surface area contributed by atoms with Crippen LogP contribution in [-0.2, 0) is 11.2 Å². The van der Waals surface area contributed by atoms with Crippen LogP contribution >= 0.6 is 15.9 Å². The Morgan fingerprint density at radius 1 is 1.10 bits per heavy atom. The minimum absolute atomic E-state index is 0.00775. The van der Waals surface area contributed by atoms with Crippen molar-refractivity contribution in [3.63, 3.8) is 0 Å². The standard InChI is InChI=1S/C17H18BrFO/c1-12-9-15(11-16(19)10-12)17(18)14-5-3-13(4-6-14)7-8-20-2/h3-6,9-11,17H,7-8H2,1-2H3. The summed E-state index contributed by atoms with van der Waals surface area (Å²) in [5.74, 6) is -0.193. The van der Waals surface area contributed by atoms with Crippen molar-refractivity contribution < 1.29 is 9.13 Å². The number of hydrogen-bond donors (Lipinski definition) is 0. The summed E-state index contributed by atoms with van der Waals surface area (Å²) in [6, 6.07) is 13.4. The Morgan fingerprint density at radius 2 is 1.80 bits per heavy atom.